The van der Waals surface area contributed by atoms with Crippen LogP contribution in [-0.4, -0.2) is 23.6 Å². The molecule has 0 radical (unpaired) electrons. The summed E-state index contributed by atoms with van der Waals surface area (Å²) in [6.45, 7) is 6.44. The largest absolute Gasteiger partial charge is 0.265 e. The second kappa shape index (κ2) is 4.68. The molecule has 0 amide bonds. The van der Waals surface area contributed by atoms with Crippen LogP contribution in [-0.2, 0) is 0 Å². The molecule has 0 heterocycles. The fraction of sp³-hybridized carbons (Fsp3) is 1.00. The first-order valence-electron chi connectivity index (χ1n) is 5.39. The molecule has 1 rings (SSSR count). The van der Waals surface area contributed by atoms with Gasteiger partial charge in [-0.1, -0.05) is 0 Å². The molecule has 1 saturated carbocycles. The van der Waals surface area contributed by atoms with Crippen LogP contribution in [0, 0.1) is 22.0 Å². The average Bonchev–Trinajstić information content (AvgIpc) is 2.81. The number of hydrogen-bond acceptors (Lipinski definition) is 4. The third kappa shape index (κ3) is 5.44. The van der Waals surface area contributed by atoms with Crippen molar-refractivity contribution in [1.82, 2.24) is 0 Å². The maximum Gasteiger partial charge on any atom is 0.208 e. The number of nitrogens with zero attached hydrogens (tertiary/aromatic N) is 3. The van der Waals surface area contributed by atoms with Crippen molar-refractivity contribution < 1.29 is 4.92 Å². The topological polar surface area (TPSA) is 67.9 Å². The molecule has 0 spiro atoms. The summed E-state index contributed by atoms with van der Waals surface area (Å²) in [7, 11) is 0. The van der Waals surface area contributed by atoms with Gasteiger partial charge in [0.1, 0.15) is 0 Å². The molecule has 0 unspecified atom stereocenters. The van der Waals surface area contributed by atoms with E-state index in [1.54, 1.807) is 0 Å². The molecule has 15 heavy (non-hydrogen) atoms. The molecule has 5 nitrogen and oxygen atoms in total. The van der Waals surface area contributed by atoms with Gasteiger partial charge in [0, 0.05) is 10.8 Å². The van der Waals surface area contributed by atoms with Crippen molar-refractivity contribution in [2.75, 3.05) is 13.1 Å². The quantitative estimate of drug-likeness (QED) is 0.400. The van der Waals surface area contributed by atoms with Crippen LogP contribution in [0.1, 0.15) is 33.6 Å². The van der Waals surface area contributed by atoms with Crippen molar-refractivity contribution in [2.24, 2.45) is 22.1 Å². The smallest absolute Gasteiger partial charge is 0.208 e. The number of azo groups is 1. The van der Waals surface area contributed by atoms with E-state index in [1.165, 1.54) is 0 Å². The highest BCUT2D eigenvalue weighted by Gasteiger charge is 2.34. The minimum atomic E-state index is -0.240. The Labute approximate surface area is 90.1 Å². The van der Waals surface area contributed by atoms with E-state index in [4.69, 9.17) is 0 Å². The summed E-state index contributed by atoms with van der Waals surface area (Å²) in [5, 5.41) is 18.6. The fourth-order valence-electron chi connectivity index (χ4n) is 1.47. The van der Waals surface area contributed by atoms with Crippen molar-refractivity contribution in [1.29, 1.82) is 0 Å². The minimum Gasteiger partial charge on any atom is -0.265 e. The van der Waals surface area contributed by atoms with Crippen LogP contribution < -0.4 is 0 Å². The van der Waals surface area contributed by atoms with Gasteiger partial charge in [-0.25, -0.2) is 0 Å². The van der Waals surface area contributed by atoms with Crippen molar-refractivity contribution in [3.05, 3.63) is 10.1 Å². The van der Waals surface area contributed by atoms with E-state index in [0.29, 0.717) is 12.5 Å². The van der Waals surface area contributed by atoms with Crippen molar-refractivity contribution in [3.63, 3.8) is 0 Å². The molecule has 1 fully saturated rings. The Hall–Kier alpha value is -1.00. The zero-order valence-electron chi connectivity index (χ0n) is 9.64. The van der Waals surface area contributed by atoms with E-state index < -0.39 is 0 Å². The van der Waals surface area contributed by atoms with Gasteiger partial charge in [0.05, 0.1) is 12.1 Å². The predicted molar refractivity (Wildman–Crippen MR) is 57.6 cm³/mol. The zero-order chi connectivity index (χ0) is 11.5. The van der Waals surface area contributed by atoms with Crippen LogP contribution in [0.3, 0.4) is 0 Å². The summed E-state index contributed by atoms with van der Waals surface area (Å²) in [5.74, 6) is 0.598. The molecule has 0 aromatic carbocycles. The molecule has 1 aliphatic carbocycles. The van der Waals surface area contributed by atoms with Gasteiger partial charge in [-0.05, 0) is 39.5 Å². The Kier molecular flexibility index (Phi) is 3.77. The molecule has 0 bridgehead atoms. The lowest BCUT2D eigenvalue weighted by atomic mass is 10.1. The van der Waals surface area contributed by atoms with E-state index in [9.17, 15) is 10.1 Å². The zero-order valence-corrected chi connectivity index (χ0v) is 9.64. The maximum atomic E-state index is 10.4. The molecule has 0 aromatic rings. The third-order valence-electron chi connectivity index (χ3n) is 2.36. The molecule has 1 aliphatic rings. The Morgan fingerprint density at radius 1 is 1.47 bits per heavy atom. The maximum absolute atomic E-state index is 10.4. The first-order valence-corrected chi connectivity index (χ1v) is 5.39. The third-order valence-corrected chi connectivity index (χ3v) is 2.36. The molecular formula is C10H19N3O2. The first kappa shape index (κ1) is 12.1. The number of hydrogen-bond donors (Lipinski definition) is 0. The molecular weight excluding hydrogens is 194 g/mol. The Bertz CT molecular complexity index is 254. The SMILES string of the molecule is CC(C)(C)N=NC[C@H](C[N+](=O)[O-])C1CC1. The van der Waals surface area contributed by atoms with Gasteiger partial charge < -0.3 is 0 Å². The highest BCUT2D eigenvalue weighted by molar-refractivity contribution is 4.82. The van der Waals surface area contributed by atoms with Crippen LogP contribution in [0.2, 0.25) is 0 Å². The van der Waals surface area contributed by atoms with Crippen molar-refractivity contribution >= 4 is 0 Å². The highest BCUT2D eigenvalue weighted by Crippen LogP contribution is 2.37. The second-order valence-electron chi connectivity index (χ2n) is 5.21. The standard InChI is InChI=1S/C10H19N3O2/c1-10(2,3)12-11-6-9(7-13(14)15)8-4-5-8/h8-9H,4-7H2,1-3H3/t9-/m1/s1. The lowest BCUT2D eigenvalue weighted by molar-refractivity contribution is -0.488. The van der Waals surface area contributed by atoms with Gasteiger partial charge >= 0.3 is 0 Å². The van der Waals surface area contributed by atoms with Gasteiger partial charge in [-0.15, -0.1) is 0 Å². The van der Waals surface area contributed by atoms with Crippen LogP contribution in [0.15, 0.2) is 10.2 Å². The summed E-state index contributed by atoms with van der Waals surface area (Å²) in [4.78, 5) is 10.2. The molecule has 0 saturated heterocycles. The van der Waals surface area contributed by atoms with Gasteiger partial charge in [0.2, 0.25) is 6.54 Å². The van der Waals surface area contributed by atoms with Crippen LogP contribution in [0.5, 0.6) is 0 Å². The second-order valence-corrected chi connectivity index (χ2v) is 5.21. The molecule has 0 aliphatic heterocycles. The molecule has 0 aromatic heterocycles. The summed E-state index contributed by atoms with van der Waals surface area (Å²) >= 11 is 0. The molecule has 86 valence electrons. The summed E-state index contributed by atoms with van der Waals surface area (Å²) < 4.78 is 0. The van der Waals surface area contributed by atoms with E-state index in [2.05, 4.69) is 10.2 Å². The minimum absolute atomic E-state index is 0.0355. The first-order chi connectivity index (χ1) is 6.88. The van der Waals surface area contributed by atoms with E-state index >= 15 is 0 Å². The Morgan fingerprint density at radius 2 is 2.07 bits per heavy atom. The van der Waals surface area contributed by atoms with Gasteiger partial charge in [-0.3, -0.25) is 10.1 Å². The summed E-state index contributed by atoms with van der Waals surface area (Å²) in [6.07, 6.45) is 2.23. The van der Waals surface area contributed by atoms with Crippen LogP contribution in [0.25, 0.3) is 0 Å². The highest BCUT2D eigenvalue weighted by atomic mass is 16.6. The molecule has 1 atom stereocenters. The van der Waals surface area contributed by atoms with Crippen LogP contribution >= 0.6 is 0 Å². The fourth-order valence-corrected chi connectivity index (χ4v) is 1.47. The summed E-state index contributed by atoms with van der Waals surface area (Å²) in [5.41, 5.74) is -0.178. The monoisotopic (exact) mass is 213 g/mol. The number of nitro groups is 1. The Balaban J connectivity index is 2.38. The molecule has 5 heteroatoms. The number of rotatable bonds is 5. The lowest BCUT2D eigenvalue weighted by Gasteiger charge is -2.11. The van der Waals surface area contributed by atoms with E-state index in [0.717, 1.165) is 12.8 Å². The van der Waals surface area contributed by atoms with Crippen molar-refractivity contribution in [2.45, 2.75) is 39.2 Å². The van der Waals surface area contributed by atoms with E-state index in [1.807, 2.05) is 20.8 Å². The summed E-state index contributed by atoms with van der Waals surface area (Å²) in [6, 6.07) is 0. The molecule has 0 N–H and O–H groups in total. The van der Waals surface area contributed by atoms with E-state index in [-0.39, 0.29) is 22.9 Å². The Morgan fingerprint density at radius 3 is 2.47 bits per heavy atom. The van der Waals surface area contributed by atoms with Gasteiger partial charge in [0.25, 0.3) is 0 Å². The normalized spacial score (nSPS) is 19.4. The van der Waals surface area contributed by atoms with Crippen LogP contribution in [0.4, 0.5) is 0 Å². The predicted octanol–water partition coefficient (Wildman–Crippen LogP) is 2.54. The van der Waals surface area contributed by atoms with Gasteiger partial charge in [-0.2, -0.15) is 10.2 Å². The average molecular weight is 213 g/mol. The van der Waals surface area contributed by atoms with Gasteiger partial charge in [0.15, 0.2) is 0 Å². The van der Waals surface area contributed by atoms with Crippen molar-refractivity contribution in [3.8, 4) is 0 Å². The lowest BCUT2D eigenvalue weighted by Crippen LogP contribution is -2.19.